The zero-order chi connectivity index (χ0) is 21.9. The van der Waals surface area contributed by atoms with Gasteiger partial charge in [-0.3, -0.25) is 0 Å². The Hall–Kier alpha value is -2.99. The summed E-state index contributed by atoms with van der Waals surface area (Å²) in [4.78, 5) is 16.7. The van der Waals surface area contributed by atoms with Crippen molar-refractivity contribution < 1.29 is 9.53 Å². The van der Waals surface area contributed by atoms with Gasteiger partial charge in [-0.05, 0) is 50.5 Å². The second kappa shape index (κ2) is 9.25. The van der Waals surface area contributed by atoms with Crippen molar-refractivity contribution >= 4 is 6.03 Å². The maximum atomic E-state index is 13.5. The van der Waals surface area contributed by atoms with E-state index in [0.29, 0.717) is 18.2 Å². The van der Waals surface area contributed by atoms with E-state index in [0.717, 1.165) is 31.4 Å². The van der Waals surface area contributed by atoms with E-state index in [1.54, 1.807) is 6.20 Å². The first-order valence-corrected chi connectivity index (χ1v) is 11.6. The fourth-order valence-corrected chi connectivity index (χ4v) is 4.35. The molecule has 1 saturated heterocycles. The van der Waals surface area contributed by atoms with E-state index in [4.69, 9.17) is 4.74 Å². The number of nitrogens with zero attached hydrogens (tertiary/aromatic N) is 4. The molecule has 1 saturated carbocycles. The molecule has 0 N–H and O–H groups in total. The lowest BCUT2D eigenvalue weighted by atomic mass is 9.94. The van der Waals surface area contributed by atoms with E-state index in [1.165, 1.54) is 28.8 Å². The minimum absolute atomic E-state index is 0.0821. The highest BCUT2D eigenvalue weighted by molar-refractivity contribution is 5.76. The van der Waals surface area contributed by atoms with Crippen LogP contribution in [0, 0.1) is 12.8 Å². The summed E-state index contributed by atoms with van der Waals surface area (Å²) in [6.45, 7) is 3.45. The largest absolute Gasteiger partial charge is 0.376 e. The van der Waals surface area contributed by atoms with Crippen LogP contribution >= 0.6 is 0 Å². The zero-order valence-corrected chi connectivity index (χ0v) is 18.6. The maximum absolute atomic E-state index is 13.5. The van der Waals surface area contributed by atoms with Gasteiger partial charge in [-0.2, -0.15) is 5.10 Å². The molecule has 0 radical (unpaired) electrons. The van der Waals surface area contributed by atoms with Crippen LogP contribution in [0.2, 0.25) is 0 Å². The van der Waals surface area contributed by atoms with E-state index in [-0.39, 0.29) is 18.2 Å². The third-order valence-corrected chi connectivity index (χ3v) is 6.50. The molecule has 2 aromatic carbocycles. The number of aryl methyl sites for hydroxylation is 1. The minimum Gasteiger partial charge on any atom is -0.376 e. The van der Waals surface area contributed by atoms with E-state index in [1.807, 2.05) is 35.2 Å². The van der Waals surface area contributed by atoms with Gasteiger partial charge in [0.25, 0.3) is 0 Å². The van der Waals surface area contributed by atoms with Gasteiger partial charge in [0.1, 0.15) is 5.69 Å². The first-order valence-electron chi connectivity index (χ1n) is 11.6. The average molecular weight is 431 g/mol. The van der Waals surface area contributed by atoms with Crippen molar-refractivity contribution in [2.24, 2.45) is 5.92 Å². The first kappa shape index (κ1) is 20.9. The van der Waals surface area contributed by atoms with Gasteiger partial charge in [-0.15, -0.1) is 5.10 Å². The standard InChI is InChI=1S/C26H30N4O2/c1-19-7-11-22(12-8-19)25-16-27-30(28-25)26(31)29-17-24(32-18-21-9-10-21)14-13-23(29)15-20-5-3-2-4-6-20/h2-8,11-12,16,21,23-24H,9-10,13-15,17-18H2,1H3/t23-,24-/m1/s1. The molecule has 2 aliphatic rings. The van der Waals surface area contributed by atoms with Gasteiger partial charge in [-0.25, -0.2) is 4.79 Å². The molecule has 3 aromatic rings. The van der Waals surface area contributed by atoms with Gasteiger partial charge >= 0.3 is 6.03 Å². The SMILES string of the molecule is Cc1ccc(-c2cnn(C(=O)N3C[C@H](OCC4CC4)CC[C@@H]3Cc3ccccc3)n2)cc1. The van der Waals surface area contributed by atoms with Gasteiger partial charge in [-0.1, -0.05) is 65.0 Å². The monoisotopic (exact) mass is 430 g/mol. The number of benzene rings is 2. The molecular weight excluding hydrogens is 400 g/mol. The number of hydrogen-bond acceptors (Lipinski definition) is 4. The lowest BCUT2D eigenvalue weighted by molar-refractivity contribution is -0.0113. The fraction of sp³-hybridized carbons (Fsp3) is 0.423. The second-order valence-electron chi connectivity index (χ2n) is 9.14. The average Bonchev–Trinajstić information content (AvgIpc) is 3.53. The lowest BCUT2D eigenvalue weighted by Gasteiger charge is -2.39. The number of carbonyl (C=O) groups excluding carboxylic acids is 1. The topological polar surface area (TPSA) is 60.2 Å². The maximum Gasteiger partial charge on any atom is 0.362 e. The van der Waals surface area contributed by atoms with Crippen LogP contribution in [-0.4, -0.2) is 51.2 Å². The number of piperidine rings is 1. The quantitative estimate of drug-likeness (QED) is 0.568. The third-order valence-electron chi connectivity index (χ3n) is 6.50. The van der Waals surface area contributed by atoms with Crippen LogP contribution in [-0.2, 0) is 11.2 Å². The summed E-state index contributed by atoms with van der Waals surface area (Å²) in [5.74, 6) is 0.714. The number of amides is 1. The van der Waals surface area contributed by atoms with Gasteiger partial charge in [0, 0.05) is 24.8 Å². The molecule has 0 spiro atoms. The van der Waals surface area contributed by atoms with Crippen molar-refractivity contribution in [3.63, 3.8) is 0 Å². The van der Waals surface area contributed by atoms with Crippen LogP contribution in [0.3, 0.4) is 0 Å². The first-order chi connectivity index (χ1) is 15.7. The number of aromatic nitrogens is 3. The molecular formula is C26H30N4O2. The Morgan fingerprint density at radius 2 is 1.81 bits per heavy atom. The highest BCUT2D eigenvalue weighted by Crippen LogP contribution is 2.31. The normalized spacial score (nSPS) is 21.0. The summed E-state index contributed by atoms with van der Waals surface area (Å²) < 4.78 is 6.16. The van der Waals surface area contributed by atoms with Crippen molar-refractivity contribution in [1.29, 1.82) is 0 Å². The van der Waals surface area contributed by atoms with Crippen molar-refractivity contribution in [1.82, 2.24) is 19.9 Å². The van der Waals surface area contributed by atoms with Crippen LogP contribution in [0.5, 0.6) is 0 Å². The Balaban J connectivity index is 1.34. The van der Waals surface area contributed by atoms with Crippen LogP contribution in [0.4, 0.5) is 4.79 Å². The van der Waals surface area contributed by atoms with Crippen molar-refractivity contribution in [2.75, 3.05) is 13.2 Å². The van der Waals surface area contributed by atoms with Crippen LogP contribution in [0.15, 0.2) is 60.8 Å². The molecule has 2 fully saturated rings. The van der Waals surface area contributed by atoms with Crippen LogP contribution in [0.1, 0.15) is 36.8 Å². The molecule has 0 bridgehead atoms. The predicted octanol–water partition coefficient (Wildman–Crippen LogP) is 4.72. The Morgan fingerprint density at radius 3 is 2.56 bits per heavy atom. The summed E-state index contributed by atoms with van der Waals surface area (Å²) in [5, 5.41) is 8.82. The van der Waals surface area contributed by atoms with E-state index in [2.05, 4.69) is 41.4 Å². The summed E-state index contributed by atoms with van der Waals surface area (Å²) in [6, 6.07) is 18.4. The molecule has 6 nitrogen and oxygen atoms in total. The number of carbonyl (C=O) groups is 1. The fourth-order valence-electron chi connectivity index (χ4n) is 4.35. The number of ether oxygens (including phenoxy) is 1. The molecule has 1 amide bonds. The van der Waals surface area contributed by atoms with Crippen LogP contribution < -0.4 is 0 Å². The minimum atomic E-state index is -0.177. The highest BCUT2D eigenvalue weighted by atomic mass is 16.5. The number of likely N-dealkylation sites (tertiary alicyclic amines) is 1. The van der Waals surface area contributed by atoms with Gasteiger partial charge in [0.2, 0.25) is 0 Å². The Labute approximate surface area is 189 Å². The Bertz CT molecular complexity index is 1040. The third kappa shape index (κ3) is 4.91. The number of rotatable bonds is 6. The molecule has 5 rings (SSSR count). The van der Waals surface area contributed by atoms with Crippen molar-refractivity contribution in [3.8, 4) is 11.3 Å². The summed E-state index contributed by atoms with van der Waals surface area (Å²) in [7, 11) is 0. The zero-order valence-electron chi connectivity index (χ0n) is 18.6. The molecule has 6 heteroatoms. The van der Waals surface area contributed by atoms with Crippen molar-refractivity contribution in [3.05, 3.63) is 71.9 Å². The Morgan fingerprint density at radius 1 is 1.03 bits per heavy atom. The summed E-state index contributed by atoms with van der Waals surface area (Å²) in [5.41, 5.74) is 4.09. The molecule has 0 unspecified atom stereocenters. The molecule has 2 heterocycles. The second-order valence-corrected chi connectivity index (χ2v) is 9.14. The molecule has 32 heavy (non-hydrogen) atoms. The summed E-state index contributed by atoms with van der Waals surface area (Å²) >= 11 is 0. The smallest absolute Gasteiger partial charge is 0.362 e. The number of hydrogen-bond donors (Lipinski definition) is 0. The van der Waals surface area contributed by atoms with E-state index >= 15 is 0 Å². The van der Waals surface area contributed by atoms with E-state index in [9.17, 15) is 4.79 Å². The van der Waals surface area contributed by atoms with Crippen molar-refractivity contribution in [2.45, 2.75) is 51.2 Å². The lowest BCUT2D eigenvalue weighted by Crippen LogP contribution is -2.52. The molecule has 2 atom stereocenters. The molecule has 1 aliphatic heterocycles. The van der Waals surface area contributed by atoms with Gasteiger partial charge in [0.05, 0.1) is 12.3 Å². The Kier molecular flexibility index (Phi) is 6.04. The predicted molar refractivity (Wildman–Crippen MR) is 123 cm³/mol. The van der Waals surface area contributed by atoms with Gasteiger partial charge in [0.15, 0.2) is 0 Å². The summed E-state index contributed by atoms with van der Waals surface area (Å²) in [6.07, 6.45) is 7.01. The molecule has 1 aromatic heterocycles. The molecule has 1 aliphatic carbocycles. The molecule has 166 valence electrons. The highest BCUT2D eigenvalue weighted by Gasteiger charge is 2.34. The van der Waals surface area contributed by atoms with Gasteiger partial charge < -0.3 is 9.64 Å². The van der Waals surface area contributed by atoms with E-state index < -0.39 is 0 Å². The van der Waals surface area contributed by atoms with Crippen LogP contribution in [0.25, 0.3) is 11.3 Å².